The molecule has 0 aromatic carbocycles. The number of nitrogens with two attached hydrogens (primary N) is 1. The standard InChI is InChI=1S/C11H20NP/c1-10-4-6-11(7-5-10)13-9-3-2-8-12/h2,4,6,8,10-11,13H,3,5,7,9,12H2,1H3/b8-2-. The van der Waals surface area contributed by atoms with Gasteiger partial charge in [-0.2, -0.15) is 0 Å². The zero-order chi connectivity index (χ0) is 9.52. The molecular formula is C11H20NP. The van der Waals surface area contributed by atoms with Gasteiger partial charge in [0.25, 0.3) is 0 Å². The maximum absolute atomic E-state index is 5.27. The molecule has 0 fully saturated rings. The van der Waals surface area contributed by atoms with Crippen LogP contribution in [0.5, 0.6) is 0 Å². The Hall–Kier alpha value is -0.290. The highest BCUT2D eigenvalue weighted by Crippen LogP contribution is 2.30. The summed E-state index contributed by atoms with van der Waals surface area (Å²) in [6.45, 7) is 2.30. The van der Waals surface area contributed by atoms with Gasteiger partial charge in [-0.1, -0.05) is 25.2 Å². The first-order valence-corrected chi connectivity index (χ1v) is 6.40. The third kappa shape index (κ3) is 4.47. The van der Waals surface area contributed by atoms with Crippen molar-refractivity contribution in [3.05, 3.63) is 24.4 Å². The van der Waals surface area contributed by atoms with Crippen LogP contribution in [0.15, 0.2) is 24.4 Å². The largest absolute Gasteiger partial charge is 0.405 e. The molecule has 0 amide bonds. The van der Waals surface area contributed by atoms with Gasteiger partial charge in [0, 0.05) is 0 Å². The smallest absolute Gasteiger partial charge is 0.00568 e. The normalized spacial score (nSPS) is 29.3. The van der Waals surface area contributed by atoms with Crippen molar-refractivity contribution in [2.24, 2.45) is 11.7 Å². The Morgan fingerprint density at radius 2 is 2.31 bits per heavy atom. The van der Waals surface area contributed by atoms with E-state index in [1.807, 2.05) is 0 Å². The molecule has 1 rings (SSSR count). The lowest BCUT2D eigenvalue weighted by atomic mass is 9.98. The topological polar surface area (TPSA) is 26.0 Å². The zero-order valence-corrected chi connectivity index (χ0v) is 9.37. The van der Waals surface area contributed by atoms with E-state index >= 15 is 0 Å². The average Bonchev–Trinajstić information content (AvgIpc) is 2.15. The van der Waals surface area contributed by atoms with Crippen LogP contribution in [0.4, 0.5) is 0 Å². The minimum Gasteiger partial charge on any atom is -0.405 e. The zero-order valence-electron chi connectivity index (χ0n) is 8.37. The highest BCUT2D eigenvalue weighted by Gasteiger charge is 2.11. The molecule has 0 radical (unpaired) electrons. The van der Waals surface area contributed by atoms with Crippen LogP contribution in [0, 0.1) is 5.92 Å². The van der Waals surface area contributed by atoms with Gasteiger partial charge in [-0.15, -0.1) is 8.58 Å². The first-order chi connectivity index (χ1) is 6.33. The Morgan fingerprint density at radius 1 is 1.46 bits per heavy atom. The van der Waals surface area contributed by atoms with Crippen molar-refractivity contribution in [2.45, 2.75) is 31.8 Å². The van der Waals surface area contributed by atoms with Crippen LogP contribution in [0.1, 0.15) is 26.2 Å². The number of hydrogen-bond donors (Lipinski definition) is 1. The highest BCUT2D eigenvalue weighted by atomic mass is 31.1. The van der Waals surface area contributed by atoms with Crippen molar-refractivity contribution < 1.29 is 0 Å². The van der Waals surface area contributed by atoms with E-state index < -0.39 is 0 Å². The predicted octanol–water partition coefficient (Wildman–Crippen LogP) is 2.88. The molecule has 3 unspecified atom stereocenters. The molecule has 13 heavy (non-hydrogen) atoms. The summed E-state index contributed by atoms with van der Waals surface area (Å²) >= 11 is 0. The molecule has 0 aliphatic heterocycles. The molecule has 1 aliphatic rings. The Morgan fingerprint density at radius 3 is 2.92 bits per heavy atom. The number of allylic oxidation sites excluding steroid dienone is 3. The van der Waals surface area contributed by atoms with Gasteiger partial charge >= 0.3 is 0 Å². The van der Waals surface area contributed by atoms with Crippen LogP contribution in [0.2, 0.25) is 0 Å². The van der Waals surface area contributed by atoms with Crippen molar-refractivity contribution in [1.29, 1.82) is 0 Å². The molecule has 2 heteroatoms. The molecule has 1 nitrogen and oxygen atoms in total. The lowest BCUT2D eigenvalue weighted by molar-refractivity contribution is 0.589. The molecule has 3 atom stereocenters. The van der Waals surface area contributed by atoms with Crippen molar-refractivity contribution in [3.8, 4) is 0 Å². The minimum absolute atomic E-state index is 0.810. The molecule has 74 valence electrons. The van der Waals surface area contributed by atoms with E-state index in [-0.39, 0.29) is 0 Å². The van der Waals surface area contributed by atoms with E-state index in [1.54, 1.807) is 6.20 Å². The third-order valence-electron chi connectivity index (χ3n) is 2.46. The van der Waals surface area contributed by atoms with Crippen LogP contribution < -0.4 is 5.73 Å². The summed E-state index contributed by atoms with van der Waals surface area (Å²) in [5.74, 6) is 0.810. The van der Waals surface area contributed by atoms with Crippen molar-refractivity contribution in [1.82, 2.24) is 0 Å². The second kappa shape index (κ2) is 6.21. The van der Waals surface area contributed by atoms with E-state index in [2.05, 4.69) is 25.2 Å². The summed E-state index contributed by atoms with van der Waals surface area (Å²) in [7, 11) is 1.09. The second-order valence-electron chi connectivity index (χ2n) is 3.72. The fourth-order valence-electron chi connectivity index (χ4n) is 1.58. The molecular weight excluding hydrogens is 177 g/mol. The maximum atomic E-state index is 5.27. The molecule has 0 saturated carbocycles. The lowest BCUT2D eigenvalue weighted by Gasteiger charge is -2.19. The van der Waals surface area contributed by atoms with E-state index in [1.165, 1.54) is 19.0 Å². The van der Waals surface area contributed by atoms with Gasteiger partial charge in [0.15, 0.2) is 0 Å². The lowest BCUT2D eigenvalue weighted by Crippen LogP contribution is -2.06. The summed E-state index contributed by atoms with van der Waals surface area (Å²) in [6, 6.07) is 0. The monoisotopic (exact) mass is 197 g/mol. The van der Waals surface area contributed by atoms with Gasteiger partial charge in [0.1, 0.15) is 0 Å². The summed E-state index contributed by atoms with van der Waals surface area (Å²) < 4.78 is 0. The molecule has 0 aromatic heterocycles. The van der Waals surface area contributed by atoms with Crippen LogP contribution in [-0.4, -0.2) is 11.8 Å². The van der Waals surface area contributed by atoms with Crippen molar-refractivity contribution in [3.63, 3.8) is 0 Å². The van der Waals surface area contributed by atoms with Gasteiger partial charge < -0.3 is 5.73 Å². The van der Waals surface area contributed by atoms with E-state index in [0.29, 0.717) is 0 Å². The van der Waals surface area contributed by atoms with Gasteiger partial charge in [-0.3, -0.25) is 0 Å². The molecule has 1 aliphatic carbocycles. The van der Waals surface area contributed by atoms with Crippen molar-refractivity contribution in [2.75, 3.05) is 6.16 Å². The Labute approximate surface area is 83.3 Å². The van der Waals surface area contributed by atoms with E-state index in [4.69, 9.17) is 5.73 Å². The Kier molecular flexibility index (Phi) is 5.15. The van der Waals surface area contributed by atoms with Crippen LogP contribution in [0.3, 0.4) is 0 Å². The predicted molar refractivity (Wildman–Crippen MR) is 62.5 cm³/mol. The van der Waals surface area contributed by atoms with Gasteiger partial charge in [0.05, 0.1) is 0 Å². The molecule has 0 bridgehead atoms. The highest BCUT2D eigenvalue weighted by molar-refractivity contribution is 7.39. The average molecular weight is 197 g/mol. The summed E-state index contributed by atoms with van der Waals surface area (Å²) in [5, 5.41) is 0. The Balaban J connectivity index is 2.12. The molecule has 0 spiro atoms. The third-order valence-corrected chi connectivity index (χ3v) is 4.04. The summed E-state index contributed by atoms with van der Waals surface area (Å²) in [4.78, 5) is 0. The van der Waals surface area contributed by atoms with E-state index in [0.717, 1.165) is 26.6 Å². The Bertz CT molecular complexity index is 187. The first kappa shape index (κ1) is 10.8. The maximum Gasteiger partial charge on any atom is -0.00568 e. The van der Waals surface area contributed by atoms with Crippen LogP contribution in [-0.2, 0) is 0 Å². The van der Waals surface area contributed by atoms with Gasteiger partial charge in [-0.25, -0.2) is 0 Å². The minimum atomic E-state index is 0.810. The van der Waals surface area contributed by atoms with E-state index in [9.17, 15) is 0 Å². The summed E-state index contributed by atoms with van der Waals surface area (Å²) in [5.41, 5.74) is 6.14. The van der Waals surface area contributed by atoms with Crippen LogP contribution in [0.25, 0.3) is 0 Å². The van der Waals surface area contributed by atoms with Gasteiger partial charge in [0.2, 0.25) is 0 Å². The molecule has 0 heterocycles. The second-order valence-corrected chi connectivity index (χ2v) is 5.37. The molecule has 0 aromatic rings. The van der Waals surface area contributed by atoms with Crippen LogP contribution >= 0.6 is 8.58 Å². The number of hydrogen-bond acceptors (Lipinski definition) is 1. The number of rotatable bonds is 4. The van der Waals surface area contributed by atoms with Gasteiger partial charge in [-0.05, 0) is 43.2 Å². The van der Waals surface area contributed by atoms with Crippen molar-refractivity contribution >= 4 is 8.58 Å². The quantitative estimate of drug-likeness (QED) is 0.418. The molecule has 2 N–H and O–H groups in total. The summed E-state index contributed by atoms with van der Waals surface area (Å²) in [6.07, 6.45) is 13.7. The first-order valence-electron chi connectivity index (χ1n) is 5.11. The fraction of sp³-hybridized carbons (Fsp3) is 0.636. The SMILES string of the molecule is CC1C=CC(PCC/C=C\N)CC1. The fourth-order valence-corrected chi connectivity index (χ4v) is 2.90. The molecule has 0 saturated heterocycles.